The summed E-state index contributed by atoms with van der Waals surface area (Å²) >= 11 is 5.88. The highest BCUT2D eigenvalue weighted by molar-refractivity contribution is 6.30. The third-order valence-electron chi connectivity index (χ3n) is 3.75. The second-order valence-electron chi connectivity index (χ2n) is 4.92. The second kappa shape index (κ2) is 4.94. The molecule has 2 N–H and O–H groups in total. The predicted molar refractivity (Wildman–Crippen MR) is 69.4 cm³/mol. The minimum atomic E-state index is -0.288. The topological polar surface area (TPSA) is 76.1 Å². The Hall–Kier alpha value is -1.40. The third kappa shape index (κ3) is 2.37. The first kappa shape index (κ1) is 12.6. The molecule has 1 aromatic rings. The number of carbonyl (C=O) groups is 1. The number of aromatic nitrogens is 2. The maximum absolute atomic E-state index is 12.1. The number of methoxy groups -OCH3 is 1. The predicted octanol–water partition coefficient (Wildman–Crippen LogP) is 0.761. The van der Waals surface area contributed by atoms with Gasteiger partial charge < -0.3 is 15.4 Å². The molecular formula is C12H15ClN4O2. The van der Waals surface area contributed by atoms with Gasteiger partial charge >= 0.3 is 0 Å². The summed E-state index contributed by atoms with van der Waals surface area (Å²) in [4.78, 5) is 20.0. The van der Waals surface area contributed by atoms with Crippen molar-refractivity contribution in [3.8, 4) is 5.75 Å². The molecule has 6 nitrogen and oxygen atoms in total. The summed E-state index contributed by atoms with van der Waals surface area (Å²) in [5.74, 6) is 0.150. The van der Waals surface area contributed by atoms with Crippen molar-refractivity contribution in [2.45, 2.75) is 37.4 Å². The number of hydrogen-bond donors (Lipinski definition) is 2. The molecule has 1 aromatic heterocycles. The van der Waals surface area contributed by atoms with Gasteiger partial charge in [-0.05, 0) is 19.3 Å². The van der Waals surface area contributed by atoms with Crippen molar-refractivity contribution in [1.82, 2.24) is 20.6 Å². The summed E-state index contributed by atoms with van der Waals surface area (Å²) in [6.45, 7) is 0. The Kier molecular flexibility index (Phi) is 3.28. The maximum Gasteiger partial charge on any atom is 0.289 e. The number of nitrogens with one attached hydrogen (secondary N) is 2. The van der Waals surface area contributed by atoms with Crippen molar-refractivity contribution >= 4 is 17.5 Å². The lowest BCUT2D eigenvalue weighted by Crippen LogP contribution is -2.43. The highest BCUT2D eigenvalue weighted by Gasteiger charge is 2.39. The van der Waals surface area contributed by atoms with E-state index in [9.17, 15) is 4.79 Å². The molecule has 0 unspecified atom stereocenters. The van der Waals surface area contributed by atoms with Crippen LogP contribution < -0.4 is 15.4 Å². The number of hydrogen-bond acceptors (Lipinski definition) is 5. The van der Waals surface area contributed by atoms with Crippen LogP contribution >= 0.6 is 11.6 Å². The van der Waals surface area contributed by atoms with Gasteiger partial charge in [-0.1, -0.05) is 11.6 Å². The molecule has 2 fully saturated rings. The number of ether oxygens (including phenoxy) is 1. The molecule has 0 aromatic carbocycles. The molecule has 2 bridgehead atoms. The van der Waals surface area contributed by atoms with Crippen molar-refractivity contribution in [1.29, 1.82) is 0 Å². The van der Waals surface area contributed by atoms with Gasteiger partial charge in [-0.15, -0.1) is 0 Å². The molecule has 0 aliphatic carbocycles. The van der Waals surface area contributed by atoms with Crippen molar-refractivity contribution in [2.24, 2.45) is 0 Å². The number of nitrogens with zero attached hydrogens (tertiary/aromatic N) is 2. The van der Waals surface area contributed by atoms with E-state index in [1.807, 2.05) is 0 Å². The lowest BCUT2D eigenvalue weighted by molar-refractivity contribution is 0.0920. The minimum Gasteiger partial charge on any atom is -0.492 e. The lowest BCUT2D eigenvalue weighted by Gasteiger charge is -2.20. The summed E-state index contributed by atoms with van der Waals surface area (Å²) in [6.07, 6.45) is 4.69. The van der Waals surface area contributed by atoms with E-state index >= 15 is 0 Å². The van der Waals surface area contributed by atoms with Gasteiger partial charge in [0.05, 0.1) is 13.3 Å². The van der Waals surface area contributed by atoms with E-state index in [1.54, 1.807) is 0 Å². The van der Waals surface area contributed by atoms with Crippen molar-refractivity contribution < 1.29 is 9.53 Å². The van der Waals surface area contributed by atoms with Gasteiger partial charge in [0, 0.05) is 18.1 Å². The van der Waals surface area contributed by atoms with Gasteiger partial charge in [0.15, 0.2) is 10.9 Å². The molecular weight excluding hydrogens is 268 g/mol. The fourth-order valence-electron chi connectivity index (χ4n) is 2.81. The van der Waals surface area contributed by atoms with E-state index in [2.05, 4.69) is 20.6 Å². The zero-order chi connectivity index (χ0) is 13.4. The first-order valence-corrected chi connectivity index (χ1v) is 6.68. The zero-order valence-electron chi connectivity index (χ0n) is 10.5. The second-order valence-corrected chi connectivity index (χ2v) is 5.27. The van der Waals surface area contributed by atoms with Crippen LogP contribution in [0.4, 0.5) is 0 Å². The molecule has 19 heavy (non-hydrogen) atoms. The van der Waals surface area contributed by atoms with Crippen LogP contribution in [0.3, 0.4) is 0 Å². The fourth-order valence-corrected chi connectivity index (χ4v) is 3.02. The largest absolute Gasteiger partial charge is 0.492 e. The van der Waals surface area contributed by atoms with Crippen LogP contribution in [0.1, 0.15) is 29.9 Å². The van der Waals surface area contributed by atoms with Gasteiger partial charge in [0.1, 0.15) is 0 Å². The standard InChI is InChI=1S/C12H15ClN4O2/c1-19-9-5-14-11(17-10(9)13)12(18)16-8-4-6-2-3-7(8)15-6/h5-8,15H,2-4H2,1H3,(H,16,18)/t6-,7+,8-/m1/s1. The van der Waals surface area contributed by atoms with Gasteiger partial charge in [0.25, 0.3) is 5.91 Å². The summed E-state index contributed by atoms with van der Waals surface area (Å²) < 4.78 is 4.95. The third-order valence-corrected chi connectivity index (χ3v) is 4.02. The van der Waals surface area contributed by atoms with E-state index < -0.39 is 0 Å². The lowest BCUT2D eigenvalue weighted by atomic mass is 9.95. The summed E-state index contributed by atoms with van der Waals surface area (Å²) in [7, 11) is 1.48. The van der Waals surface area contributed by atoms with Crippen LogP contribution in [0.15, 0.2) is 6.20 Å². The Morgan fingerprint density at radius 1 is 1.58 bits per heavy atom. The van der Waals surface area contributed by atoms with Crippen LogP contribution in [0.5, 0.6) is 5.75 Å². The van der Waals surface area contributed by atoms with E-state index in [0.717, 1.165) is 12.8 Å². The van der Waals surface area contributed by atoms with Gasteiger partial charge in [0.2, 0.25) is 5.82 Å². The molecule has 7 heteroatoms. The number of halogens is 1. The molecule has 3 atom stereocenters. The van der Waals surface area contributed by atoms with E-state index in [0.29, 0.717) is 17.8 Å². The molecule has 3 heterocycles. The molecule has 0 spiro atoms. The Morgan fingerprint density at radius 3 is 3.00 bits per heavy atom. The molecule has 1 amide bonds. The molecule has 2 aliphatic heterocycles. The summed E-state index contributed by atoms with van der Waals surface area (Å²) in [5.41, 5.74) is 0. The van der Waals surface area contributed by atoms with Crippen LogP contribution in [0, 0.1) is 0 Å². The molecule has 0 saturated carbocycles. The number of carbonyl (C=O) groups excluding carboxylic acids is 1. The van der Waals surface area contributed by atoms with E-state index in [1.165, 1.54) is 19.7 Å². The number of rotatable bonds is 3. The van der Waals surface area contributed by atoms with E-state index in [-0.39, 0.29) is 22.9 Å². The van der Waals surface area contributed by atoms with Crippen LogP contribution in [-0.4, -0.2) is 41.1 Å². The van der Waals surface area contributed by atoms with Gasteiger partial charge in [-0.25, -0.2) is 9.97 Å². The highest BCUT2D eigenvalue weighted by Crippen LogP contribution is 2.28. The maximum atomic E-state index is 12.1. The Balaban J connectivity index is 1.69. The molecule has 0 radical (unpaired) electrons. The highest BCUT2D eigenvalue weighted by atomic mass is 35.5. The summed E-state index contributed by atoms with van der Waals surface area (Å²) in [6, 6.07) is 1.08. The van der Waals surface area contributed by atoms with Crippen LogP contribution in [0.25, 0.3) is 0 Å². The van der Waals surface area contributed by atoms with Crippen molar-refractivity contribution in [3.05, 3.63) is 17.2 Å². The van der Waals surface area contributed by atoms with Gasteiger partial charge in [-0.2, -0.15) is 0 Å². The Morgan fingerprint density at radius 2 is 2.42 bits per heavy atom. The van der Waals surface area contributed by atoms with Crippen molar-refractivity contribution in [2.75, 3.05) is 7.11 Å². The molecule has 2 aliphatic rings. The zero-order valence-corrected chi connectivity index (χ0v) is 11.3. The van der Waals surface area contributed by atoms with Crippen molar-refractivity contribution in [3.63, 3.8) is 0 Å². The SMILES string of the molecule is COc1cnc(C(=O)N[C@@H]2C[C@H]3CC[C@@H]2N3)nc1Cl. The average molecular weight is 283 g/mol. The minimum absolute atomic E-state index is 0.0774. The first-order valence-electron chi connectivity index (χ1n) is 6.31. The molecule has 102 valence electrons. The van der Waals surface area contributed by atoms with Crippen LogP contribution in [0.2, 0.25) is 5.15 Å². The number of amides is 1. The molecule has 3 rings (SSSR count). The van der Waals surface area contributed by atoms with Crippen LogP contribution in [-0.2, 0) is 0 Å². The monoisotopic (exact) mass is 282 g/mol. The summed E-state index contributed by atoms with van der Waals surface area (Å²) in [5, 5.41) is 6.58. The molecule has 2 saturated heterocycles. The quantitative estimate of drug-likeness (QED) is 0.801. The van der Waals surface area contributed by atoms with Gasteiger partial charge in [-0.3, -0.25) is 4.79 Å². The fraction of sp³-hybridized carbons (Fsp3) is 0.583. The smallest absolute Gasteiger partial charge is 0.289 e. The normalized spacial score (nSPS) is 28.4. The Bertz CT molecular complexity index is 511. The number of fused-ring (bicyclic) bond motifs is 2. The first-order chi connectivity index (χ1) is 9.17. The average Bonchev–Trinajstić information content (AvgIpc) is 3.00. The Labute approximate surface area is 115 Å². The van der Waals surface area contributed by atoms with E-state index in [4.69, 9.17) is 16.3 Å².